The van der Waals surface area contributed by atoms with Crippen molar-refractivity contribution in [2.75, 3.05) is 25.0 Å². The fraction of sp³-hybridized carbons (Fsp3) is 0.474. The summed E-state index contributed by atoms with van der Waals surface area (Å²) in [7, 11) is 0. The van der Waals surface area contributed by atoms with Gasteiger partial charge in [0, 0.05) is 37.8 Å². The molecule has 6 nitrogen and oxygen atoms in total. The molecule has 0 saturated carbocycles. The zero-order valence-corrected chi connectivity index (χ0v) is 15.1. The molecule has 1 saturated heterocycles. The third-order valence-electron chi connectivity index (χ3n) is 4.33. The van der Waals surface area contributed by atoms with Crippen LogP contribution in [0.1, 0.15) is 25.8 Å². The van der Waals surface area contributed by atoms with Gasteiger partial charge in [0.05, 0.1) is 11.8 Å². The van der Waals surface area contributed by atoms with E-state index in [1.807, 2.05) is 42.3 Å². The third kappa shape index (κ3) is 4.39. The van der Waals surface area contributed by atoms with Gasteiger partial charge in [-0.15, -0.1) is 0 Å². The summed E-state index contributed by atoms with van der Waals surface area (Å²) in [5.74, 6) is 0.510. The summed E-state index contributed by atoms with van der Waals surface area (Å²) >= 11 is 0. The molecule has 1 aliphatic rings. The van der Waals surface area contributed by atoms with Crippen molar-refractivity contribution in [3.8, 4) is 5.69 Å². The summed E-state index contributed by atoms with van der Waals surface area (Å²) < 4.78 is 7.63. The molecule has 1 aromatic carbocycles. The molecule has 0 aliphatic carbocycles. The van der Waals surface area contributed by atoms with Crippen LogP contribution in [0, 0.1) is 12.8 Å². The van der Waals surface area contributed by atoms with Crippen LogP contribution in [0.15, 0.2) is 36.7 Å². The number of likely N-dealkylation sites (tertiary alicyclic amines) is 1. The van der Waals surface area contributed by atoms with E-state index in [9.17, 15) is 4.79 Å². The van der Waals surface area contributed by atoms with Gasteiger partial charge in [-0.05, 0) is 43.0 Å². The number of ether oxygens (including phenoxy) is 1. The first kappa shape index (κ1) is 17.5. The number of aromatic nitrogens is 2. The minimum Gasteiger partial charge on any atom is -0.376 e. The molecule has 25 heavy (non-hydrogen) atoms. The highest BCUT2D eigenvalue weighted by molar-refractivity contribution is 5.90. The van der Waals surface area contributed by atoms with Crippen LogP contribution in [-0.2, 0) is 4.74 Å². The lowest BCUT2D eigenvalue weighted by Gasteiger charge is -2.19. The van der Waals surface area contributed by atoms with Gasteiger partial charge in [0.2, 0.25) is 0 Å². The standard InChI is InChI=1S/C19H26N4O2/c1-14(2)13-25-17-7-10-22(12-17)19(24)21-18-11-16(6-5-15(18)3)23-9-4-8-20-23/h4-6,8-9,11,14,17H,7,10,12-13H2,1-3H3,(H,21,24)/t17-/m0/s1. The predicted octanol–water partition coefficient (Wildman–Crippen LogP) is 3.46. The van der Waals surface area contributed by atoms with Crippen molar-refractivity contribution in [2.24, 2.45) is 5.92 Å². The SMILES string of the molecule is Cc1ccc(-n2cccn2)cc1NC(=O)N1CC[C@H](OCC(C)C)C1. The molecule has 0 unspecified atom stereocenters. The second kappa shape index (κ2) is 7.70. The van der Waals surface area contributed by atoms with Gasteiger partial charge in [0.25, 0.3) is 0 Å². The molecule has 0 bridgehead atoms. The fourth-order valence-electron chi connectivity index (χ4n) is 2.88. The minimum atomic E-state index is -0.0728. The van der Waals surface area contributed by atoms with Gasteiger partial charge >= 0.3 is 6.03 Å². The molecule has 1 aliphatic heterocycles. The van der Waals surface area contributed by atoms with E-state index in [2.05, 4.69) is 24.3 Å². The molecular weight excluding hydrogens is 316 g/mol. The Labute approximate surface area is 148 Å². The largest absolute Gasteiger partial charge is 0.376 e. The first-order valence-electron chi connectivity index (χ1n) is 8.81. The van der Waals surface area contributed by atoms with Crippen molar-refractivity contribution in [2.45, 2.75) is 33.3 Å². The van der Waals surface area contributed by atoms with E-state index < -0.39 is 0 Å². The van der Waals surface area contributed by atoms with Crippen molar-refractivity contribution in [3.05, 3.63) is 42.2 Å². The summed E-state index contributed by atoms with van der Waals surface area (Å²) in [5, 5.41) is 7.27. The van der Waals surface area contributed by atoms with Gasteiger partial charge in [0.15, 0.2) is 0 Å². The topological polar surface area (TPSA) is 59.4 Å². The van der Waals surface area contributed by atoms with Crippen LogP contribution in [0.3, 0.4) is 0 Å². The molecule has 0 spiro atoms. The summed E-state index contributed by atoms with van der Waals surface area (Å²) in [6.07, 6.45) is 4.66. The Hall–Kier alpha value is -2.34. The number of hydrogen-bond donors (Lipinski definition) is 1. The Morgan fingerprint density at radius 1 is 1.44 bits per heavy atom. The molecule has 134 valence electrons. The number of nitrogens with one attached hydrogen (secondary N) is 1. The van der Waals surface area contributed by atoms with Gasteiger partial charge in [0.1, 0.15) is 0 Å². The van der Waals surface area contributed by atoms with Crippen LogP contribution < -0.4 is 5.32 Å². The summed E-state index contributed by atoms with van der Waals surface area (Å²) in [4.78, 5) is 14.4. The number of carbonyl (C=O) groups is 1. The highest BCUT2D eigenvalue weighted by atomic mass is 16.5. The third-order valence-corrected chi connectivity index (χ3v) is 4.33. The van der Waals surface area contributed by atoms with Crippen molar-refractivity contribution in [1.82, 2.24) is 14.7 Å². The molecule has 1 atom stereocenters. The van der Waals surface area contributed by atoms with Gasteiger partial charge in [-0.2, -0.15) is 5.10 Å². The van der Waals surface area contributed by atoms with Crippen LogP contribution >= 0.6 is 0 Å². The molecular formula is C19H26N4O2. The van der Waals surface area contributed by atoms with E-state index in [-0.39, 0.29) is 12.1 Å². The highest BCUT2D eigenvalue weighted by Crippen LogP contribution is 2.21. The number of urea groups is 1. The van der Waals surface area contributed by atoms with Gasteiger partial charge in [-0.1, -0.05) is 19.9 Å². The number of carbonyl (C=O) groups excluding carboxylic acids is 1. The maximum atomic E-state index is 12.6. The second-order valence-corrected chi connectivity index (χ2v) is 6.96. The Bertz CT molecular complexity index is 712. The number of anilines is 1. The normalized spacial score (nSPS) is 17.3. The second-order valence-electron chi connectivity index (χ2n) is 6.96. The molecule has 2 aromatic rings. The van der Waals surface area contributed by atoms with E-state index in [4.69, 9.17) is 4.74 Å². The van der Waals surface area contributed by atoms with Crippen LogP contribution in [0.2, 0.25) is 0 Å². The van der Waals surface area contributed by atoms with E-state index in [0.717, 1.165) is 36.5 Å². The smallest absolute Gasteiger partial charge is 0.321 e. The molecule has 1 N–H and O–H groups in total. The first-order chi connectivity index (χ1) is 12.0. The van der Waals surface area contributed by atoms with Gasteiger partial charge in [-0.25, -0.2) is 9.48 Å². The number of amides is 2. The quantitative estimate of drug-likeness (QED) is 0.905. The van der Waals surface area contributed by atoms with Crippen LogP contribution in [0.4, 0.5) is 10.5 Å². The Kier molecular flexibility index (Phi) is 5.38. The van der Waals surface area contributed by atoms with E-state index in [1.54, 1.807) is 10.9 Å². The molecule has 2 amide bonds. The Morgan fingerprint density at radius 2 is 2.28 bits per heavy atom. The van der Waals surface area contributed by atoms with Crippen LogP contribution in [-0.4, -0.2) is 46.5 Å². The van der Waals surface area contributed by atoms with E-state index >= 15 is 0 Å². The summed E-state index contributed by atoms with van der Waals surface area (Å²) in [5.41, 5.74) is 2.76. The molecule has 1 fully saturated rings. The van der Waals surface area contributed by atoms with Crippen molar-refractivity contribution >= 4 is 11.7 Å². The van der Waals surface area contributed by atoms with Gasteiger partial charge < -0.3 is 15.0 Å². The fourth-order valence-corrected chi connectivity index (χ4v) is 2.88. The lowest BCUT2D eigenvalue weighted by atomic mass is 10.2. The zero-order valence-electron chi connectivity index (χ0n) is 15.1. The average Bonchev–Trinajstić information content (AvgIpc) is 3.26. The summed E-state index contributed by atoms with van der Waals surface area (Å²) in [6.45, 7) is 8.37. The minimum absolute atomic E-state index is 0.0728. The molecule has 1 aromatic heterocycles. The Balaban J connectivity index is 1.62. The molecule has 2 heterocycles. The van der Waals surface area contributed by atoms with Gasteiger partial charge in [-0.3, -0.25) is 0 Å². The Morgan fingerprint density at radius 3 is 3.00 bits per heavy atom. The van der Waals surface area contributed by atoms with Crippen LogP contribution in [0.25, 0.3) is 5.69 Å². The van der Waals surface area contributed by atoms with E-state index in [1.165, 1.54) is 0 Å². The zero-order chi connectivity index (χ0) is 17.8. The first-order valence-corrected chi connectivity index (χ1v) is 8.81. The number of hydrogen-bond acceptors (Lipinski definition) is 3. The maximum absolute atomic E-state index is 12.6. The van der Waals surface area contributed by atoms with Crippen molar-refractivity contribution in [1.29, 1.82) is 0 Å². The number of nitrogens with zero attached hydrogens (tertiary/aromatic N) is 3. The number of benzene rings is 1. The maximum Gasteiger partial charge on any atom is 0.321 e. The van der Waals surface area contributed by atoms with Crippen molar-refractivity contribution in [3.63, 3.8) is 0 Å². The molecule has 3 rings (SSSR count). The van der Waals surface area contributed by atoms with Crippen LogP contribution in [0.5, 0.6) is 0 Å². The van der Waals surface area contributed by atoms with Crippen molar-refractivity contribution < 1.29 is 9.53 Å². The van der Waals surface area contributed by atoms with E-state index in [0.29, 0.717) is 12.5 Å². The molecule has 6 heteroatoms. The lowest BCUT2D eigenvalue weighted by molar-refractivity contribution is 0.0440. The number of rotatable bonds is 5. The number of aryl methyl sites for hydroxylation is 1. The summed E-state index contributed by atoms with van der Waals surface area (Å²) in [6, 6.07) is 7.73. The molecule has 0 radical (unpaired) electrons. The lowest BCUT2D eigenvalue weighted by Crippen LogP contribution is -2.34. The predicted molar refractivity (Wildman–Crippen MR) is 98.1 cm³/mol. The highest BCUT2D eigenvalue weighted by Gasteiger charge is 2.27. The average molecular weight is 342 g/mol. The monoisotopic (exact) mass is 342 g/mol.